The summed E-state index contributed by atoms with van der Waals surface area (Å²) in [5, 5.41) is 13.4. The molecule has 3 N–H and O–H groups in total. The third kappa shape index (κ3) is 4.57. The maximum absolute atomic E-state index is 11.7. The van der Waals surface area contributed by atoms with Crippen LogP contribution < -0.4 is 10.5 Å². The Morgan fingerprint density at radius 3 is 2.28 bits per heavy atom. The molecule has 4 aromatic rings. The van der Waals surface area contributed by atoms with Crippen molar-refractivity contribution in [2.75, 3.05) is 5.32 Å². The number of hydrogen-bond donors (Lipinski definition) is 2. The third-order valence-electron chi connectivity index (χ3n) is 4.77. The Balaban J connectivity index is 1.91. The van der Waals surface area contributed by atoms with Gasteiger partial charge in [0.05, 0.1) is 27.7 Å². The number of aromatic nitrogens is 2. The highest BCUT2D eigenvalue weighted by atomic mass is 35.5. The number of para-hydroxylation sites is 1. The molecule has 0 aliphatic rings. The minimum Gasteiger partial charge on any atom is -0.326 e. The minimum absolute atomic E-state index is 0.00604. The zero-order chi connectivity index (χ0) is 22.9. The molecule has 7 nitrogen and oxygen atoms in total. The van der Waals surface area contributed by atoms with Gasteiger partial charge in [-0.05, 0) is 48.5 Å². The average molecular weight is 467 g/mol. The molecular formula is C23H19ClN4O3S. The number of carbonyl (C=O) groups excluding carboxylic acids is 1. The fourth-order valence-corrected chi connectivity index (χ4v) is 3.96. The number of hydrogen-bond acceptors (Lipinski definition) is 4. The van der Waals surface area contributed by atoms with Crippen molar-refractivity contribution in [2.24, 2.45) is 5.14 Å². The molecule has 0 bridgehead atoms. The molecule has 9 heteroatoms. The van der Waals surface area contributed by atoms with E-state index in [0.717, 1.165) is 11.1 Å². The summed E-state index contributed by atoms with van der Waals surface area (Å²) < 4.78 is 25.0. The summed E-state index contributed by atoms with van der Waals surface area (Å²) in [6.45, 7) is 1.44. The molecule has 0 saturated carbocycles. The summed E-state index contributed by atoms with van der Waals surface area (Å²) in [5.74, 6) is -0.195. The van der Waals surface area contributed by atoms with Crippen molar-refractivity contribution in [2.45, 2.75) is 11.8 Å². The lowest BCUT2D eigenvalue weighted by Crippen LogP contribution is -2.12. The van der Waals surface area contributed by atoms with Crippen LogP contribution in [0.3, 0.4) is 0 Å². The van der Waals surface area contributed by atoms with Gasteiger partial charge >= 0.3 is 0 Å². The van der Waals surface area contributed by atoms with E-state index in [9.17, 15) is 13.2 Å². The lowest BCUT2D eigenvalue weighted by atomic mass is 10.1. The lowest BCUT2D eigenvalue weighted by molar-refractivity contribution is -0.114. The molecule has 0 saturated heterocycles. The second-order valence-corrected chi connectivity index (χ2v) is 9.10. The molecule has 3 aromatic carbocycles. The number of nitrogens with zero attached hydrogens (tertiary/aromatic N) is 2. The van der Waals surface area contributed by atoms with E-state index in [2.05, 4.69) is 5.32 Å². The van der Waals surface area contributed by atoms with Crippen LogP contribution in [0.15, 0.2) is 83.8 Å². The molecule has 0 radical (unpaired) electrons. The number of carbonyl (C=O) groups is 1. The molecular weight excluding hydrogens is 448 g/mol. The van der Waals surface area contributed by atoms with Gasteiger partial charge in [0.2, 0.25) is 15.9 Å². The molecule has 0 aliphatic heterocycles. The van der Waals surface area contributed by atoms with E-state index in [4.69, 9.17) is 21.8 Å². The zero-order valence-corrected chi connectivity index (χ0v) is 18.6. The van der Waals surface area contributed by atoms with Crippen LogP contribution in [0.25, 0.3) is 28.2 Å². The predicted molar refractivity (Wildman–Crippen MR) is 125 cm³/mol. The van der Waals surface area contributed by atoms with Gasteiger partial charge in [-0.2, -0.15) is 5.10 Å². The van der Waals surface area contributed by atoms with Gasteiger partial charge in [0.15, 0.2) is 0 Å². The van der Waals surface area contributed by atoms with E-state index < -0.39 is 10.0 Å². The molecule has 1 heterocycles. The van der Waals surface area contributed by atoms with Crippen molar-refractivity contribution in [1.29, 1.82) is 0 Å². The monoisotopic (exact) mass is 466 g/mol. The molecule has 1 amide bonds. The zero-order valence-electron chi connectivity index (χ0n) is 17.0. The Morgan fingerprint density at radius 1 is 1.00 bits per heavy atom. The topological polar surface area (TPSA) is 107 Å². The van der Waals surface area contributed by atoms with Crippen LogP contribution in [0.5, 0.6) is 0 Å². The highest BCUT2D eigenvalue weighted by molar-refractivity contribution is 7.89. The van der Waals surface area contributed by atoms with Gasteiger partial charge in [-0.1, -0.05) is 41.9 Å². The van der Waals surface area contributed by atoms with Crippen LogP contribution in [-0.2, 0) is 14.8 Å². The first kappa shape index (κ1) is 21.8. The summed E-state index contributed by atoms with van der Waals surface area (Å²) in [7, 11) is -3.82. The van der Waals surface area contributed by atoms with Crippen molar-refractivity contribution < 1.29 is 13.2 Å². The van der Waals surface area contributed by atoms with Crippen LogP contribution in [0.2, 0.25) is 5.02 Å². The van der Waals surface area contributed by atoms with E-state index in [1.807, 2.05) is 36.4 Å². The Bertz CT molecular complexity index is 1400. The fourth-order valence-electron chi connectivity index (χ4n) is 3.31. The number of nitrogens with two attached hydrogens (primary N) is 1. The SMILES string of the molecule is CC(=O)Nc1ccccc1-c1cc(-c2ccc(Cl)cc2)nn1-c1ccc(S(N)(=O)=O)cc1. The van der Waals surface area contributed by atoms with E-state index >= 15 is 0 Å². The molecule has 0 aliphatic carbocycles. The number of rotatable bonds is 5. The van der Waals surface area contributed by atoms with Gasteiger partial charge in [0.25, 0.3) is 0 Å². The Morgan fingerprint density at radius 2 is 1.66 bits per heavy atom. The molecule has 0 fully saturated rings. The summed E-state index contributed by atoms with van der Waals surface area (Å²) in [5.41, 5.74) is 4.26. The first-order chi connectivity index (χ1) is 15.2. The molecule has 1 aromatic heterocycles. The molecule has 0 atom stereocenters. The summed E-state index contributed by atoms with van der Waals surface area (Å²) in [4.78, 5) is 11.7. The first-order valence-corrected chi connectivity index (χ1v) is 11.5. The molecule has 0 spiro atoms. The van der Waals surface area contributed by atoms with Crippen molar-refractivity contribution in [3.8, 4) is 28.2 Å². The normalized spacial score (nSPS) is 11.3. The third-order valence-corrected chi connectivity index (χ3v) is 5.95. The van der Waals surface area contributed by atoms with Crippen LogP contribution in [0.1, 0.15) is 6.92 Å². The molecule has 32 heavy (non-hydrogen) atoms. The van der Waals surface area contributed by atoms with Crippen molar-refractivity contribution in [1.82, 2.24) is 9.78 Å². The van der Waals surface area contributed by atoms with E-state index in [1.165, 1.54) is 19.1 Å². The molecule has 4 rings (SSSR count). The highest BCUT2D eigenvalue weighted by Gasteiger charge is 2.17. The minimum atomic E-state index is -3.82. The van der Waals surface area contributed by atoms with Gasteiger partial charge < -0.3 is 5.32 Å². The van der Waals surface area contributed by atoms with Gasteiger partial charge in [-0.3, -0.25) is 4.79 Å². The standard InChI is InChI=1S/C23H19ClN4O3S/c1-15(29)26-21-5-3-2-4-20(21)23-14-22(16-6-8-17(24)9-7-16)27-28(23)18-10-12-19(13-11-18)32(25,30)31/h2-14H,1H3,(H,26,29)(H2,25,30,31). The van der Waals surface area contributed by atoms with Crippen molar-refractivity contribution >= 4 is 33.2 Å². The van der Waals surface area contributed by atoms with Crippen LogP contribution in [-0.4, -0.2) is 24.1 Å². The number of nitrogens with one attached hydrogen (secondary N) is 1. The Kier molecular flexibility index (Phi) is 5.84. The fraction of sp³-hybridized carbons (Fsp3) is 0.0435. The summed E-state index contributed by atoms with van der Waals surface area (Å²) >= 11 is 6.02. The maximum atomic E-state index is 11.7. The van der Waals surface area contributed by atoms with Crippen molar-refractivity contribution in [3.05, 3.63) is 83.9 Å². The number of amides is 1. The Hall–Kier alpha value is -3.46. The number of benzene rings is 3. The maximum Gasteiger partial charge on any atom is 0.238 e. The smallest absolute Gasteiger partial charge is 0.238 e. The summed E-state index contributed by atoms with van der Waals surface area (Å²) in [6.07, 6.45) is 0. The second-order valence-electron chi connectivity index (χ2n) is 7.10. The number of anilines is 1. The van der Waals surface area contributed by atoms with Crippen LogP contribution >= 0.6 is 11.6 Å². The van der Waals surface area contributed by atoms with E-state index in [0.29, 0.717) is 27.8 Å². The second kappa shape index (κ2) is 8.58. The quantitative estimate of drug-likeness (QED) is 0.452. The van der Waals surface area contributed by atoms with Gasteiger partial charge in [0.1, 0.15) is 0 Å². The summed E-state index contributed by atoms with van der Waals surface area (Å²) in [6, 6.07) is 22.7. The largest absolute Gasteiger partial charge is 0.326 e. The highest BCUT2D eigenvalue weighted by Crippen LogP contribution is 2.33. The van der Waals surface area contributed by atoms with Crippen molar-refractivity contribution in [3.63, 3.8) is 0 Å². The average Bonchev–Trinajstić information content (AvgIpc) is 3.19. The van der Waals surface area contributed by atoms with Gasteiger partial charge in [-0.25, -0.2) is 18.2 Å². The number of primary sulfonamides is 1. The van der Waals surface area contributed by atoms with E-state index in [1.54, 1.807) is 35.0 Å². The van der Waals surface area contributed by atoms with Crippen LogP contribution in [0.4, 0.5) is 5.69 Å². The number of halogens is 1. The molecule has 162 valence electrons. The first-order valence-electron chi connectivity index (χ1n) is 9.58. The predicted octanol–water partition coefficient (Wildman–Crippen LogP) is 4.47. The van der Waals surface area contributed by atoms with Gasteiger partial charge in [0, 0.05) is 23.1 Å². The Labute approximate surface area is 190 Å². The number of sulfonamides is 1. The van der Waals surface area contributed by atoms with Crippen LogP contribution in [0, 0.1) is 0 Å². The molecule has 0 unspecified atom stereocenters. The van der Waals surface area contributed by atoms with Gasteiger partial charge in [-0.15, -0.1) is 0 Å². The van der Waals surface area contributed by atoms with E-state index in [-0.39, 0.29) is 10.8 Å². The lowest BCUT2D eigenvalue weighted by Gasteiger charge is -2.12.